The third kappa shape index (κ3) is 4.73. The first-order valence-corrected chi connectivity index (χ1v) is 9.18. The van der Waals surface area contributed by atoms with Gasteiger partial charge in [0.15, 0.2) is 0 Å². The molecule has 2 aliphatic rings. The summed E-state index contributed by atoms with van der Waals surface area (Å²) in [6, 6.07) is 1.61. The van der Waals surface area contributed by atoms with Gasteiger partial charge in [0, 0.05) is 25.2 Å². The monoisotopic (exact) mass is 280 g/mol. The van der Waals surface area contributed by atoms with E-state index in [9.17, 15) is 0 Å². The molecule has 1 atom stereocenters. The highest BCUT2D eigenvalue weighted by Crippen LogP contribution is 2.30. The van der Waals surface area contributed by atoms with E-state index >= 15 is 0 Å². The van der Waals surface area contributed by atoms with Gasteiger partial charge in [0.1, 0.15) is 0 Å². The first-order valence-electron chi connectivity index (χ1n) is 9.18. The van der Waals surface area contributed by atoms with E-state index in [2.05, 4.69) is 31.0 Å². The van der Waals surface area contributed by atoms with E-state index < -0.39 is 0 Å². The van der Waals surface area contributed by atoms with Crippen LogP contribution in [0.1, 0.15) is 72.1 Å². The smallest absolute Gasteiger partial charge is 0.0223 e. The van der Waals surface area contributed by atoms with Gasteiger partial charge in [0.05, 0.1) is 0 Å². The molecule has 0 aliphatic heterocycles. The predicted molar refractivity (Wildman–Crippen MR) is 88.1 cm³/mol. The average molecular weight is 280 g/mol. The molecule has 0 heterocycles. The number of nitrogens with one attached hydrogen (secondary N) is 1. The molecule has 0 amide bonds. The highest BCUT2D eigenvalue weighted by molar-refractivity contribution is 4.87. The quantitative estimate of drug-likeness (QED) is 0.721. The number of nitrogens with zero attached hydrogens (tertiary/aromatic N) is 1. The van der Waals surface area contributed by atoms with Gasteiger partial charge in [-0.15, -0.1) is 0 Å². The van der Waals surface area contributed by atoms with Crippen LogP contribution in [0.4, 0.5) is 0 Å². The zero-order valence-electron chi connectivity index (χ0n) is 14.0. The lowest BCUT2D eigenvalue weighted by Gasteiger charge is -2.36. The topological polar surface area (TPSA) is 15.3 Å². The molecule has 1 unspecified atom stereocenters. The van der Waals surface area contributed by atoms with Crippen LogP contribution in [0.3, 0.4) is 0 Å². The van der Waals surface area contributed by atoms with Crippen LogP contribution in [0.2, 0.25) is 0 Å². The van der Waals surface area contributed by atoms with E-state index in [1.165, 1.54) is 64.5 Å². The van der Waals surface area contributed by atoms with Crippen LogP contribution in [0.25, 0.3) is 0 Å². The molecule has 118 valence electrons. The first kappa shape index (κ1) is 16.3. The molecule has 2 nitrogen and oxygen atoms in total. The molecule has 0 spiro atoms. The second kappa shape index (κ2) is 8.38. The zero-order valence-corrected chi connectivity index (χ0v) is 14.0. The van der Waals surface area contributed by atoms with Crippen LogP contribution in [-0.4, -0.2) is 36.6 Å². The minimum Gasteiger partial charge on any atom is -0.313 e. The van der Waals surface area contributed by atoms with Crippen LogP contribution in [0.15, 0.2) is 0 Å². The highest BCUT2D eigenvalue weighted by Gasteiger charge is 2.30. The minimum atomic E-state index is 0.738. The van der Waals surface area contributed by atoms with Gasteiger partial charge in [-0.2, -0.15) is 0 Å². The standard InChI is InChI=1S/C18H36N2/c1-4-19-18(16-9-5-6-10-16)14-20(13-15(2)3)17-11-7-8-12-17/h15-19H,4-14H2,1-3H3. The molecule has 0 saturated heterocycles. The van der Waals surface area contributed by atoms with Crippen molar-refractivity contribution in [2.45, 2.75) is 84.2 Å². The third-order valence-electron chi connectivity index (χ3n) is 5.31. The normalized spacial score (nSPS) is 23.2. The van der Waals surface area contributed by atoms with E-state index in [1.807, 2.05) is 0 Å². The second-order valence-electron chi connectivity index (χ2n) is 7.49. The van der Waals surface area contributed by atoms with Gasteiger partial charge in [-0.25, -0.2) is 0 Å². The van der Waals surface area contributed by atoms with Crippen molar-refractivity contribution >= 4 is 0 Å². The second-order valence-corrected chi connectivity index (χ2v) is 7.49. The summed E-state index contributed by atoms with van der Waals surface area (Å²) in [5, 5.41) is 3.81. The van der Waals surface area contributed by atoms with Gasteiger partial charge in [0.2, 0.25) is 0 Å². The molecule has 0 bridgehead atoms. The molecular weight excluding hydrogens is 244 g/mol. The molecular formula is C18H36N2. The Morgan fingerprint density at radius 2 is 1.55 bits per heavy atom. The molecule has 0 aromatic rings. The van der Waals surface area contributed by atoms with Crippen LogP contribution in [0.5, 0.6) is 0 Å². The molecule has 0 aromatic heterocycles. The fourth-order valence-corrected chi connectivity index (χ4v) is 4.37. The van der Waals surface area contributed by atoms with E-state index in [4.69, 9.17) is 0 Å². The Balaban J connectivity index is 1.94. The molecule has 2 aliphatic carbocycles. The average Bonchev–Trinajstić information content (AvgIpc) is 3.10. The van der Waals surface area contributed by atoms with Crippen molar-refractivity contribution in [3.63, 3.8) is 0 Å². The van der Waals surface area contributed by atoms with Crippen LogP contribution >= 0.6 is 0 Å². The van der Waals surface area contributed by atoms with E-state index in [0.29, 0.717) is 0 Å². The number of hydrogen-bond acceptors (Lipinski definition) is 2. The molecule has 2 rings (SSSR count). The fourth-order valence-electron chi connectivity index (χ4n) is 4.37. The van der Waals surface area contributed by atoms with Crippen molar-refractivity contribution < 1.29 is 0 Å². The molecule has 2 fully saturated rings. The maximum atomic E-state index is 3.81. The molecule has 2 heteroatoms. The largest absolute Gasteiger partial charge is 0.313 e. The Morgan fingerprint density at radius 3 is 2.10 bits per heavy atom. The summed E-state index contributed by atoms with van der Waals surface area (Å²) in [5.41, 5.74) is 0. The number of likely N-dealkylation sites (N-methyl/N-ethyl adjacent to an activating group) is 1. The molecule has 0 radical (unpaired) electrons. The minimum absolute atomic E-state index is 0.738. The summed E-state index contributed by atoms with van der Waals surface area (Å²) in [5.74, 6) is 1.73. The summed E-state index contributed by atoms with van der Waals surface area (Å²) in [6.07, 6.45) is 11.6. The first-order chi connectivity index (χ1) is 9.70. The maximum absolute atomic E-state index is 3.81. The SMILES string of the molecule is CCNC(CN(CC(C)C)C1CCCC1)C1CCCC1. The van der Waals surface area contributed by atoms with Gasteiger partial charge in [-0.1, -0.05) is 46.5 Å². The maximum Gasteiger partial charge on any atom is 0.0223 e. The lowest BCUT2D eigenvalue weighted by Crippen LogP contribution is -2.48. The highest BCUT2D eigenvalue weighted by atomic mass is 15.2. The lowest BCUT2D eigenvalue weighted by molar-refractivity contribution is 0.142. The van der Waals surface area contributed by atoms with Crippen molar-refractivity contribution in [1.82, 2.24) is 10.2 Å². The van der Waals surface area contributed by atoms with Gasteiger partial charge in [-0.05, 0) is 44.1 Å². The van der Waals surface area contributed by atoms with Gasteiger partial charge in [0.25, 0.3) is 0 Å². The molecule has 1 N–H and O–H groups in total. The summed E-state index contributed by atoms with van der Waals surface area (Å²) in [6.45, 7) is 10.7. The third-order valence-corrected chi connectivity index (χ3v) is 5.31. The number of rotatable bonds is 8. The van der Waals surface area contributed by atoms with E-state index in [1.54, 1.807) is 0 Å². The van der Waals surface area contributed by atoms with E-state index in [0.717, 1.165) is 30.5 Å². The van der Waals surface area contributed by atoms with Crippen LogP contribution in [0, 0.1) is 11.8 Å². The van der Waals surface area contributed by atoms with Gasteiger partial charge in [-0.3, -0.25) is 4.90 Å². The Kier molecular flexibility index (Phi) is 6.83. The fraction of sp³-hybridized carbons (Fsp3) is 1.00. The van der Waals surface area contributed by atoms with Gasteiger partial charge >= 0.3 is 0 Å². The Bertz CT molecular complexity index is 252. The Labute approximate surface area is 126 Å². The Hall–Kier alpha value is -0.0800. The van der Waals surface area contributed by atoms with Crippen LogP contribution < -0.4 is 5.32 Å². The van der Waals surface area contributed by atoms with E-state index in [-0.39, 0.29) is 0 Å². The summed E-state index contributed by atoms with van der Waals surface area (Å²) in [4.78, 5) is 2.84. The predicted octanol–water partition coefficient (Wildman–Crippen LogP) is 4.06. The number of hydrogen-bond donors (Lipinski definition) is 1. The van der Waals surface area contributed by atoms with Crippen molar-refractivity contribution in [2.75, 3.05) is 19.6 Å². The molecule has 0 aromatic carbocycles. The molecule has 20 heavy (non-hydrogen) atoms. The van der Waals surface area contributed by atoms with Crippen molar-refractivity contribution in [1.29, 1.82) is 0 Å². The summed E-state index contributed by atoms with van der Waals surface area (Å²) >= 11 is 0. The van der Waals surface area contributed by atoms with Crippen molar-refractivity contribution in [3.8, 4) is 0 Å². The lowest BCUT2D eigenvalue weighted by atomic mass is 9.96. The van der Waals surface area contributed by atoms with Crippen LogP contribution in [-0.2, 0) is 0 Å². The van der Waals surface area contributed by atoms with Crippen molar-refractivity contribution in [3.05, 3.63) is 0 Å². The summed E-state index contributed by atoms with van der Waals surface area (Å²) < 4.78 is 0. The van der Waals surface area contributed by atoms with Crippen molar-refractivity contribution in [2.24, 2.45) is 11.8 Å². The Morgan fingerprint density at radius 1 is 0.950 bits per heavy atom. The zero-order chi connectivity index (χ0) is 14.4. The molecule has 2 saturated carbocycles. The summed E-state index contributed by atoms with van der Waals surface area (Å²) in [7, 11) is 0. The van der Waals surface area contributed by atoms with Gasteiger partial charge < -0.3 is 5.32 Å².